The summed E-state index contributed by atoms with van der Waals surface area (Å²) in [6.07, 6.45) is 4.80. The Morgan fingerprint density at radius 3 is 2.32 bits per heavy atom. The molecule has 0 fully saturated rings. The summed E-state index contributed by atoms with van der Waals surface area (Å²) in [5.41, 5.74) is -0.412. The molecule has 0 heterocycles. The van der Waals surface area contributed by atoms with E-state index in [0.717, 1.165) is 19.3 Å². The third kappa shape index (κ3) is 6.99. The van der Waals surface area contributed by atoms with E-state index in [1.54, 1.807) is 11.9 Å². The Hall–Kier alpha value is -1.32. The molecule has 4 heteroatoms. The average molecular weight is 269 g/mol. The van der Waals surface area contributed by atoms with Gasteiger partial charge in [0.25, 0.3) is 0 Å². The molecule has 110 valence electrons. The number of carboxylic acid groups (broad SMARTS) is 1. The van der Waals surface area contributed by atoms with Crippen molar-refractivity contribution < 1.29 is 14.7 Å². The SMILES string of the molecule is C=CCCCCN(C)C(=O)C[C@H](C(=O)O)C(C)(C)C. The van der Waals surface area contributed by atoms with Gasteiger partial charge < -0.3 is 10.0 Å². The molecule has 1 N–H and O–H groups in total. The Bertz CT molecular complexity index is 318. The summed E-state index contributed by atoms with van der Waals surface area (Å²) in [5.74, 6) is -1.64. The van der Waals surface area contributed by atoms with Gasteiger partial charge in [-0.05, 0) is 24.7 Å². The number of hydrogen-bond donors (Lipinski definition) is 1. The molecule has 0 spiro atoms. The zero-order valence-electron chi connectivity index (χ0n) is 12.6. The summed E-state index contributed by atoms with van der Waals surface area (Å²) in [4.78, 5) is 24.9. The number of rotatable bonds is 8. The summed E-state index contributed by atoms with van der Waals surface area (Å²) < 4.78 is 0. The topological polar surface area (TPSA) is 57.6 Å². The van der Waals surface area contributed by atoms with E-state index in [4.69, 9.17) is 0 Å². The maximum Gasteiger partial charge on any atom is 0.307 e. The molecule has 0 aliphatic rings. The summed E-state index contributed by atoms with van der Waals surface area (Å²) in [7, 11) is 1.73. The van der Waals surface area contributed by atoms with Gasteiger partial charge in [-0.2, -0.15) is 0 Å². The monoisotopic (exact) mass is 269 g/mol. The number of allylic oxidation sites excluding steroid dienone is 1. The Morgan fingerprint density at radius 1 is 1.32 bits per heavy atom. The van der Waals surface area contributed by atoms with E-state index in [2.05, 4.69) is 6.58 Å². The lowest BCUT2D eigenvalue weighted by atomic mass is 9.78. The quantitative estimate of drug-likeness (QED) is 0.544. The van der Waals surface area contributed by atoms with Gasteiger partial charge in [0.15, 0.2) is 0 Å². The van der Waals surface area contributed by atoms with Crippen LogP contribution >= 0.6 is 0 Å². The molecule has 0 saturated heterocycles. The highest BCUT2D eigenvalue weighted by Gasteiger charge is 2.33. The van der Waals surface area contributed by atoms with Crippen LogP contribution in [0.5, 0.6) is 0 Å². The normalized spacial score (nSPS) is 12.8. The van der Waals surface area contributed by atoms with E-state index in [0.29, 0.717) is 6.54 Å². The van der Waals surface area contributed by atoms with Crippen LogP contribution in [0.2, 0.25) is 0 Å². The summed E-state index contributed by atoms with van der Waals surface area (Å²) in [6.45, 7) is 9.87. The molecule has 0 aliphatic heterocycles. The van der Waals surface area contributed by atoms with Crippen molar-refractivity contribution in [3.8, 4) is 0 Å². The molecule has 0 saturated carbocycles. The minimum atomic E-state index is -0.902. The van der Waals surface area contributed by atoms with Gasteiger partial charge in [0, 0.05) is 20.0 Å². The van der Waals surface area contributed by atoms with Crippen LogP contribution in [-0.2, 0) is 9.59 Å². The van der Waals surface area contributed by atoms with Gasteiger partial charge in [-0.3, -0.25) is 9.59 Å². The number of aliphatic carboxylic acids is 1. The van der Waals surface area contributed by atoms with Gasteiger partial charge in [-0.1, -0.05) is 26.8 Å². The number of nitrogens with zero attached hydrogens (tertiary/aromatic N) is 1. The van der Waals surface area contributed by atoms with E-state index >= 15 is 0 Å². The van der Waals surface area contributed by atoms with Crippen LogP contribution < -0.4 is 0 Å². The molecule has 0 rings (SSSR count). The van der Waals surface area contributed by atoms with Crippen molar-refractivity contribution in [1.82, 2.24) is 4.90 Å². The first-order chi connectivity index (χ1) is 8.70. The molecule has 0 bridgehead atoms. The lowest BCUT2D eigenvalue weighted by Gasteiger charge is -2.28. The van der Waals surface area contributed by atoms with Crippen molar-refractivity contribution in [3.05, 3.63) is 12.7 Å². The van der Waals surface area contributed by atoms with Crippen molar-refractivity contribution in [2.75, 3.05) is 13.6 Å². The molecule has 4 nitrogen and oxygen atoms in total. The van der Waals surface area contributed by atoms with Crippen molar-refractivity contribution in [3.63, 3.8) is 0 Å². The van der Waals surface area contributed by atoms with Gasteiger partial charge in [-0.25, -0.2) is 0 Å². The second kappa shape index (κ2) is 7.97. The van der Waals surface area contributed by atoms with Crippen LogP contribution in [0.3, 0.4) is 0 Å². The van der Waals surface area contributed by atoms with Crippen LogP contribution in [0.15, 0.2) is 12.7 Å². The van der Waals surface area contributed by atoms with Crippen molar-refractivity contribution in [2.24, 2.45) is 11.3 Å². The third-order valence-corrected chi connectivity index (χ3v) is 3.30. The van der Waals surface area contributed by atoms with E-state index in [1.807, 2.05) is 26.8 Å². The fraction of sp³-hybridized carbons (Fsp3) is 0.733. The van der Waals surface area contributed by atoms with Crippen LogP contribution in [0.4, 0.5) is 0 Å². The largest absolute Gasteiger partial charge is 0.481 e. The highest BCUT2D eigenvalue weighted by molar-refractivity contribution is 5.82. The average Bonchev–Trinajstić information content (AvgIpc) is 2.29. The predicted molar refractivity (Wildman–Crippen MR) is 76.9 cm³/mol. The Morgan fingerprint density at radius 2 is 1.89 bits per heavy atom. The van der Waals surface area contributed by atoms with Gasteiger partial charge in [0.1, 0.15) is 0 Å². The van der Waals surface area contributed by atoms with Gasteiger partial charge >= 0.3 is 5.97 Å². The smallest absolute Gasteiger partial charge is 0.307 e. The Labute approximate surface area is 116 Å². The van der Waals surface area contributed by atoms with Gasteiger partial charge in [0.05, 0.1) is 5.92 Å². The van der Waals surface area contributed by atoms with Crippen LogP contribution in [0.1, 0.15) is 46.5 Å². The maximum absolute atomic E-state index is 12.0. The van der Waals surface area contributed by atoms with Crippen molar-refractivity contribution in [2.45, 2.75) is 46.5 Å². The molecule has 1 atom stereocenters. The predicted octanol–water partition coefficient (Wildman–Crippen LogP) is 2.94. The maximum atomic E-state index is 12.0. The standard InChI is InChI=1S/C15H27NO3/c1-6-7-8-9-10-16(5)13(17)11-12(14(18)19)15(2,3)4/h6,12H,1,7-11H2,2-5H3,(H,18,19)/t12-/m1/s1. The first-order valence-electron chi connectivity index (χ1n) is 6.77. The first-order valence-corrected chi connectivity index (χ1v) is 6.77. The molecule has 0 radical (unpaired) electrons. The van der Waals surface area contributed by atoms with Gasteiger partial charge in [-0.15, -0.1) is 6.58 Å². The lowest BCUT2D eigenvalue weighted by Crippen LogP contribution is -2.36. The molecule has 0 aromatic rings. The molecule has 19 heavy (non-hydrogen) atoms. The summed E-state index contributed by atoms with van der Waals surface area (Å²) >= 11 is 0. The Kier molecular flexibility index (Phi) is 7.42. The molecule has 0 aromatic carbocycles. The molecular weight excluding hydrogens is 242 g/mol. The number of carbonyl (C=O) groups is 2. The summed E-state index contributed by atoms with van der Waals surface area (Å²) in [5, 5.41) is 9.20. The highest BCUT2D eigenvalue weighted by Crippen LogP contribution is 2.29. The number of unbranched alkanes of at least 4 members (excludes halogenated alkanes) is 2. The molecule has 1 amide bonds. The molecule has 0 unspecified atom stereocenters. The van der Waals surface area contributed by atoms with Crippen LogP contribution in [-0.4, -0.2) is 35.5 Å². The second-order valence-corrected chi connectivity index (χ2v) is 6.06. The highest BCUT2D eigenvalue weighted by atomic mass is 16.4. The molecular formula is C15H27NO3. The first kappa shape index (κ1) is 17.7. The number of amides is 1. The fourth-order valence-electron chi connectivity index (χ4n) is 1.86. The number of carbonyl (C=O) groups excluding carboxylic acids is 1. The third-order valence-electron chi connectivity index (χ3n) is 3.30. The Balaban J connectivity index is 4.32. The van der Waals surface area contributed by atoms with Crippen molar-refractivity contribution >= 4 is 11.9 Å². The minimum absolute atomic E-state index is 0.0663. The lowest BCUT2D eigenvalue weighted by molar-refractivity contribution is -0.149. The number of carboxylic acids is 1. The van der Waals surface area contributed by atoms with Crippen molar-refractivity contribution in [1.29, 1.82) is 0 Å². The zero-order chi connectivity index (χ0) is 15.1. The molecule has 0 aliphatic carbocycles. The van der Waals surface area contributed by atoms with E-state index in [-0.39, 0.29) is 12.3 Å². The second-order valence-electron chi connectivity index (χ2n) is 6.06. The van der Waals surface area contributed by atoms with E-state index in [9.17, 15) is 14.7 Å². The zero-order valence-corrected chi connectivity index (χ0v) is 12.6. The van der Waals surface area contributed by atoms with E-state index in [1.165, 1.54) is 0 Å². The number of hydrogen-bond acceptors (Lipinski definition) is 2. The summed E-state index contributed by atoms with van der Waals surface area (Å²) in [6, 6.07) is 0. The van der Waals surface area contributed by atoms with Crippen LogP contribution in [0, 0.1) is 11.3 Å². The van der Waals surface area contributed by atoms with E-state index < -0.39 is 17.3 Å². The molecule has 0 aromatic heterocycles. The van der Waals surface area contributed by atoms with Gasteiger partial charge in [0.2, 0.25) is 5.91 Å². The fourth-order valence-corrected chi connectivity index (χ4v) is 1.86. The minimum Gasteiger partial charge on any atom is -0.481 e. The van der Waals surface area contributed by atoms with Crippen LogP contribution in [0.25, 0.3) is 0 Å².